The van der Waals surface area contributed by atoms with Gasteiger partial charge in [-0.25, -0.2) is 9.37 Å². The molecule has 3 aromatic rings. The molecule has 10 heteroatoms. The zero-order chi connectivity index (χ0) is 19.0. The molecule has 3 aromatic heterocycles. The third kappa shape index (κ3) is 3.21. The first-order valence-corrected chi connectivity index (χ1v) is 8.53. The number of carbonyl (C=O) groups is 1. The summed E-state index contributed by atoms with van der Waals surface area (Å²) >= 11 is 0. The number of rotatable bonds is 4. The Kier molecular flexibility index (Phi) is 4.22. The maximum absolute atomic E-state index is 14.9. The number of carbonyl (C=O) groups excluding carboxylic acids is 1. The zero-order valence-corrected chi connectivity index (χ0v) is 14.4. The maximum Gasteiger partial charge on any atom is 0.271 e. The molecule has 0 aliphatic carbocycles. The van der Waals surface area contributed by atoms with E-state index >= 15 is 0 Å². The van der Waals surface area contributed by atoms with Crippen molar-refractivity contribution in [3.05, 3.63) is 36.3 Å². The SMILES string of the molecule is NC(=O)c1nnc2[nH]ccc2c1N[C@@H]1CCN(c2ccc(N)cn2)C[C@@H]1F. The standard InChI is InChI=1S/C17H19FN8O/c18-11-8-26(13-2-1-9(19)7-22-13)6-4-12(11)23-14-10-3-5-21-17(10)25-24-15(14)16(20)27/h1-3,5,7,11-12H,4,6,8,19H2,(H2,20,27)(H2,21,23,25)/t11-,12+/m0/s1. The van der Waals surface area contributed by atoms with Gasteiger partial charge in [0.05, 0.1) is 30.2 Å². The molecular weight excluding hydrogens is 351 g/mol. The lowest BCUT2D eigenvalue weighted by molar-refractivity contribution is 0.0995. The molecule has 0 saturated carbocycles. The fourth-order valence-corrected chi connectivity index (χ4v) is 3.29. The number of nitrogens with one attached hydrogen (secondary N) is 2. The van der Waals surface area contributed by atoms with Crippen LogP contribution in [-0.4, -0.2) is 51.4 Å². The molecule has 1 aliphatic rings. The summed E-state index contributed by atoms with van der Waals surface area (Å²) in [6.07, 6.45) is 2.56. The number of nitrogen functional groups attached to an aromatic ring is 1. The molecule has 4 rings (SSSR count). The number of aromatic nitrogens is 4. The van der Waals surface area contributed by atoms with Crippen molar-refractivity contribution in [2.75, 3.05) is 29.0 Å². The summed E-state index contributed by atoms with van der Waals surface area (Å²) in [6, 6.07) is 4.77. The summed E-state index contributed by atoms with van der Waals surface area (Å²) < 4.78 is 14.9. The number of piperidine rings is 1. The van der Waals surface area contributed by atoms with Crippen molar-refractivity contribution in [2.45, 2.75) is 18.6 Å². The van der Waals surface area contributed by atoms with Gasteiger partial charge in [-0.1, -0.05) is 0 Å². The average Bonchev–Trinajstić information content (AvgIpc) is 3.13. The molecule has 27 heavy (non-hydrogen) atoms. The van der Waals surface area contributed by atoms with Crippen LogP contribution in [0.5, 0.6) is 0 Å². The van der Waals surface area contributed by atoms with Gasteiger partial charge in [0.25, 0.3) is 5.91 Å². The lowest BCUT2D eigenvalue weighted by Gasteiger charge is -2.36. The smallest absolute Gasteiger partial charge is 0.271 e. The number of pyridine rings is 1. The van der Waals surface area contributed by atoms with Gasteiger partial charge in [-0.3, -0.25) is 4.79 Å². The number of hydrogen-bond donors (Lipinski definition) is 4. The predicted octanol–water partition coefficient (Wildman–Crippen LogP) is 1.06. The van der Waals surface area contributed by atoms with Crippen LogP contribution in [0.2, 0.25) is 0 Å². The monoisotopic (exact) mass is 370 g/mol. The Balaban J connectivity index is 1.55. The largest absolute Gasteiger partial charge is 0.397 e. The van der Waals surface area contributed by atoms with Crippen LogP contribution in [0.4, 0.5) is 21.6 Å². The van der Waals surface area contributed by atoms with Crippen molar-refractivity contribution in [3.8, 4) is 0 Å². The van der Waals surface area contributed by atoms with E-state index in [9.17, 15) is 9.18 Å². The molecule has 140 valence electrons. The number of anilines is 3. The van der Waals surface area contributed by atoms with Crippen molar-refractivity contribution in [2.24, 2.45) is 5.73 Å². The number of primary amides is 1. The van der Waals surface area contributed by atoms with Crippen LogP contribution in [0, 0.1) is 0 Å². The molecule has 1 fully saturated rings. The Labute approximate surface area is 154 Å². The summed E-state index contributed by atoms with van der Waals surface area (Å²) in [7, 11) is 0. The van der Waals surface area contributed by atoms with Crippen LogP contribution >= 0.6 is 0 Å². The van der Waals surface area contributed by atoms with E-state index in [0.717, 1.165) is 0 Å². The molecule has 0 bridgehead atoms. The quantitative estimate of drug-likeness (QED) is 0.538. The first kappa shape index (κ1) is 17.0. The molecular formula is C17H19FN8O. The highest BCUT2D eigenvalue weighted by molar-refractivity contribution is 6.04. The molecule has 0 radical (unpaired) electrons. The van der Waals surface area contributed by atoms with Gasteiger partial charge in [-0.15, -0.1) is 10.2 Å². The van der Waals surface area contributed by atoms with E-state index in [1.54, 1.807) is 30.6 Å². The first-order chi connectivity index (χ1) is 13.0. The summed E-state index contributed by atoms with van der Waals surface area (Å²) in [5, 5.41) is 11.6. The molecule has 1 aliphatic heterocycles. The van der Waals surface area contributed by atoms with Crippen LogP contribution in [-0.2, 0) is 0 Å². The third-order valence-electron chi connectivity index (χ3n) is 4.68. The van der Waals surface area contributed by atoms with Gasteiger partial charge < -0.3 is 26.7 Å². The van der Waals surface area contributed by atoms with Crippen molar-refractivity contribution in [1.29, 1.82) is 0 Å². The van der Waals surface area contributed by atoms with Crippen LogP contribution in [0.25, 0.3) is 11.0 Å². The van der Waals surface area contributed by atoms with Crippen LogP contribution in [0.1, 0.15) is 16.9 Å². The highest BCUT2D eigenvalue weighted by Gasteiger charge is 2.31. The van der Waals surface area contributed by atoms with E-state index in [4.69, 9.17) is 11.5 Å². The minimum atomic E-state index is -1.18. The predicted molar refractivity (Wildman–Crippen MR) is 100 cm³/mol. The van der Waals surface area contributed by atoms with Crippen LogP contribution < -0.4 is 21.7 Å². The number of hydrogen-bond acceptors (Lipinski definition) is 7. The van der Waals surface area contributed by atoms with E-state index in [1.165, 1.54) is 0 Å². The lowest BCUT2D eigenvalue weighted by atomic mass is 10.0. The third-order valence-corrected chi connectivity index (χ3v) is 4.68. The molecule has 0 spiro atoms. The number of fused-ring (bicyclic) bond motifs is 1. The van der Waals surface area contributed by atoms with Crippen molar-refractivity contribution in [3.63, 3.8) is 0 Å². The van der Waals surface area contributed by atoms with Crippen LogP contribution in [0.3, 0.4) is 0 Å². The topological polar surface area (TPSA) is 139 Å². The summed E-state index contributed by atoms with van der Waals surface area (Å²) in [6.45, 7) is 0.783. The van der Waals surface area contributed by atoms with E-state index < -0.39 is 18.1 Å². The Morgan fingerprint density at radius 3 is 2.89 bits per heavy atom. The van der Waals surface area contributed by atoms with Gasteiger partial charge in [0.2, 0.25) is 0 Å². The molecule has 0 aromatic carbocycles. The second kappa shape index (κ2) is 6.71. The number of alkyl halides is 1. The summed E-state index contributed by atoms with van der Waals surface area (Å²) in [5.41, 5.74) is 12.5. The average molecular weight is 370 g/mol. The Morgan fingerprint density at radius 2 is 2.19 bits per heavy atom. The molecule has 4 heterocycles. The normalized spacial score (nSPS) is 20.0. The van der Waals surface area contributed by atoms with Crippen molar-refractivity contribution < 1.29 is 9.18 Å². The Hall–Kier alpha value is -3.43. The van der Waals surface area contributed by atoms with Gasteiger partial charge in [-0.05, 0) is 24.6 Å². The zero-order valence-electron chi connectivity index (χ0n) is 14.4. The van der Waals surface area contributed by atoms with Crippen LogP contribution in [0.15, 0.2) is 30.6 Å². The van der Waals surface area contributed by atoms with E-state index in [2.05, 4.69) is 25.5 Å². The minimum absolute atomic E-state index is 0.00284. The maximum atomic E-state index is 14.9. The number of aromatic amines is 1. The van der Waals surface area contributed by atoms with E-state index in [-0.39, 0.29) is 12.2 Å². The van der Waals surface area contributed by atoms with Gasteiger partial charge >= 0.3 is 0 Å². The molecule has 2 atom stereocenters. The van der Waals surface area contributed by atoms with E-state index in [0.29, 0.717) is 41.2 Å². The summed E-state index contributed by atoms with van der Waals surface area (Å²) in [4.78, 5) is 20.8. The molecule has 0 unspecified atom stereocenters. The number of H-pyrrole nitrogens is 1. The Morgan fingerprint density at radius 1 is 1.33 bits per heavy atom. The second-order valence-corrected chi connectivity index (χ2v) is 6.48. The second-order valence-electron chi connectivity index (χ2n) is 6.48. The van der Waals surface area contributed by atoms with Gasteiger partial charge in [0.1, 0.15) is 12.0 Å². The van der Waals surface area contributed by atoms with Gasteiger partial charge in [-0.2, -0.15) is 0 Å². The number of amides is 1. The highest BCUT2D eigenvalue weighted by Crippen LogP contribution is 2.28. The van der Waals surface area contributed by atoms with Gasteiger partial charge in [0.15, 0.2) is 11.3 Å². The number of nitrogens with two attached hydrogens (primary N) is 2. The van der Waals surface area contributed by atoms with Crippen molar-refractivity contribution in [1.82, 2.24) is 20.2 Å². The highest BCUT2D eigenvalue weighted by atomic mass is 19.1. The fourth-order valence-electron chi connectivity index (χ4n) is 3.29. The number of halogens is 1. The lowest BCUT2D eigenvalue weighted by Crippen LogP contribution is -2.48. The molecule has 9 nitrogen and oxygen atoms in total. The van der Waals surface area contributed by atoms with E-state index in [1.807, 2.05) is 4.90 Å². The number of nitrogens with zero attached hydrogens (tertiary/aromatic N) is 4. The van der Waals surface area contributed by atoms with Crippen molar-refractivity contribution >= 4 is 34.1 Å². The minimum Gasteiger partial charge on any atom is -0.397 e. The Bertz CT molecular complexity index is 973. The molecule has 6 N–H and O–H groups in total. The fraction of sp³-hybridized carbons (Fsp3) is 0.294. The molecule has 1 saturated heterocycles. The van der Waals surface area contributed by atoms with Gasteiger partial charge in [0, 0.05) is 18.1 Å². The molecule has 1 amide bonds. The first-order valence-electron chi connectivity index (χ1n) is 8.53. The summed E-state index contributed by atoms with van der Waals surface area (Å²) in [5.74, 6) is -0.0336.